The molecule has 0 spiro atoms. The molecule has 79 heavy (non-hydrogen) atoms. The fraction of sp³-hybridized carbons (Fsp3) is 0.739. The number of quaternary nitrogens is 1. The van der Waals surface area contributed by atoms with Crippen LogP contribution in [0.5, 0.6) is 0 Å². The summed E-state index contributed by atoms with van der Waals surface area (Å²) in [6, 6.07) is -0.932. The molecule has 0 aliphatic heterocycles. The number of amides is 1. The molecule has 0 fully saturated rings. The van der Waals surface area contributed by atoms with Crippen molar-refractivity contribution in [1.82, 2.24) is 5.32 Å². The van der Waals surface area contributed by atoms with E-state index in [9.17, 15) is 19.0 Å². The number of allylic oxidation sites excluding steroid dienone is 15. The van der Waals surface area contributed by atoms with Crippen LogP contribution in [0, 0.1) is 0 Å². The SMILES string of the molecule is CC/C=C/C/C=C/C/C=C/C/C=C/C/C=C/CCC(=O)NC(COP(=O)([O-])OCC[N+](C)(C)C)C(/C=C\CCCCCCCCCCCC)OC(=O)CCCCCCCCCCCCCCCCC/C=C\C/C=C\CCCCC. The third-order valence-electron chi connectivity index (χ3n) is 14.0. The van der Waals surface area contributed by atoms with Gasteiger partial charge >= 0.3 is 5.97 Å². The number of nitrogens with one attached hydrogen (secondary N) is 1. The summed E-state index contributed by atoms with van der Waals surface area (Å²) >= 11 is 0. The van der Waals surface area contributed by atoms with E-state index in [1.54, 1.807) is 0 Å². The smallest absolute Gasteiger partial charge is 0.306 e. The summed E-state index contributed by atoms with van der Waals surface area (Å²) in [5.41, 5.74) is 0. The number of likely N-dealkylation sites (N-methyl/N-ethyl adjacent to an activating group) is 1. The first kappa shape index (κ1) is 75.9. The van der Waals surface area contributed by atoms with Crippen molar-refractivity contribution in [1.29, 1.82) is 0 Å². The predicted molar refractivity (Wildman–Crippen MR) is 339 cm³/mol. The lowest BCUT2D eigenvalue weighted by molar-refractivity contribution is -0.870. The highest BCUT2D eigenvalue weighted by molar-refractivity contribution is 7.45. The molecule has 0 bridgehead atoms. The summed E-state index contributed by atoms with van der Waals surface area (Å²) in [7, 11) is 1.13. The molecule has 1 N–H and O–H groups in total. The van der Waals surface area contributed by atoms with E-state index < -0.39 is 26.6 Å². The Balaban J connectivity index is 5.18. The van der Waals surface area contributed by atoms with Gasteiger partial charge in [-0.05, 0) is 96.0 Å². The Kier molecular flexibility index (Phi) is 55.9. The van der Waals surface area contributed by atoms with Crippen molar-refractivity contribution in [2.45, 2.75) is 290 Å². The van der Waals surface area contributed by atoms with E-state index in [1.165, 1.54) is 161 Å². The van der Waals surface area contributed by atoms with Gasteiger partial charge in [0.15, 0.2) is 0 Å². The molecular formula is C69H123N2O7P. The van der Waals surface area contributed by atoms with Crippen LogP contribution in [-0.2, 0) is 27.9 Å². The van der Waals surface area contributed by atoms with Crippen LogP contribution >= 0.6 is 7.82 Å². The number of carbonyl (C=O) groups excluding carboxylic acids is 2. The summed E-state index contributed by atoms with van der Waals surface area (Å²) < 4.78 is 30.3. The molecule has 10 heteroatoms. The number of ether oxygens (including phenoxy) is 1. The maximum atomic E-state index is 13.5. The molecule has 0 aliphatic rings. The van der Waals surface area contributed by atoms with Gasteiger partial charge in [0.2, 0.25) is 5.91 Å². The molecule has 0 aromatic heterocycles. The fourth-order valence-corrected chi connectivity index (χ4v) is 9.73. The highest BCUT2D eigenvalue weighted by atomic mass is 31.2. The zero-order valence-corrected chi connectivity index (χ0v) is 52.9. The van der Waals surface area contributed by atoms with Gasteiger partial charge < -0.3 is 28.5 Å². The fourth-order valence-electron chi connectivity index (χ4n) is 9.01. The molecule has 0 aliphatic carbocycles. The largest absolute Gasteiger partial charge is 0.756 e. The average molecular weight is 1120 g/mol. The minimum Gasteiger partial charge on any atom is -0.756 e. The lowest BCUT2D eigenvalue weighted by atomic mass is 10.0. The Morgan fingerprint density at radius 3 is 1.27 bits per heavy atom. The van der Waals surface area contributed by atoms with E-state index in [0.717, 1.165) is 77.0 Å². The number of hydrogen-bond acceptors (Lipinski definition) is 7. The van der Waals surface area contributed by atoms with Crippen LogP contribution in [0.1, 0.15) is 278 Å². The molecule has 9 nitrogen and oxygen atoms in total. The van der Waals surface area contributed by atoms with Gasteiger partial charge in [-0.25, -0.2) is 0 Å². The molecule has 0 aromatic rings. The number of rotatable bonds is 58. The highest BCUT2D eigenvalue weighted by Crippen LogP contribution is 2.38. The van der Waals surface area contributed by atoms with Gasteiger partial charge in [-0.3, -0.25) is 14.2 Å². The monoisotopic (exact) mass is 1120 g/mol. The summed E-state index contributed by atoms with van der Waals surface area (Å²) in [5, 5.41) is 2.98. The number of phosphoric acid groups is 1. The van der Waals surface area contributed by atoms with Crippen molar-refractivity contribution < 1.29 is 37.3 Å². The Labute approximate surface area is 488 Å². The third kappa shape index (κ3) is 59.4. The topological polar surface area (TPSA) is 114 Å². The predicted octanol–water partition coefficient (Wildman–Crippen LogP) is 19.7. The molecule has 1 amide bonds. The van der Waals surface area contributed by atoms with Gasteiger partial charge in [-0.15, -0.1) is 0 Å². The first-order valence-corrected chi connectivity index (χ1v) is 34.0. The van der Waals surface area contributed by atoms with Crippen LogP contribution in [0.25, 0.3) is 0 Å². The van der Waals surface area contributed by atoms with Crippen LogP contribution in [-0.4, -0.2) is 69.4 Å². The van der Waals surface area contributed by atoms with Crippen molar-refractivity contribution in [2.75, 3.05) is 40.9 Å². The van der Waals surface area contributed by atoms with Crippen molar-refractivity contribution in [2.24, 2.45) is 0 Å². The number of carbonyl (C=O) groups is 2. The van der Waals surface area contributed by atoms with Gasteiger partial charge in [0.25, 0.3) is 7.82 Å². The van der Waals surface area contributed by atoms with Crippen molar-refractivity contribution in [3.8, 4) is 0 Å². The summed E-state index contributed by atoms with van der Waals surface area (Å²) in [6.07, 6.45) is 78.3. The quantitative estimate of drug-likeness (QED) is 0.0212. The number of phosphoric ester groups is 1. The summed E-state index contributed by atoms with van der Waals surface area (Å²) in [5.74, 6) is -0.637. The van der Waals surface area contributed by atoms with E-state index in [1.807, 2.05) is 45.4 Å². The third-order valence-corrected chi connectivity index (χ3v) is 15.0. The Bertz CT molecular complexity index is 1670. The van der Waals surface area contributed by atoms with Gasteiger partial charge in [0.05, 0.1) is 33.8 Å². The minimum absolute atomic E-state index is 0.0388. The molecule has 0 rings (SSSR count). The molecule has 3 atom stereocenters. The first-order valence-electron chi connectivity index (χ1n) is 32.5. The molecule has 0 saturated carbocycles. The molecule has 0 saturated heterocycles. The zero-order valence-electron chi connectivity index (χ0n) is 52.1. The van der Waals surface area contributed by atoms with Gasteiger partial charge in [-0.1, -0.05) is 266 Å². The van der Waals surface area contributed by atoms with Crippen LogP contribution in [0.2, 0.25) is 0 Å². The van der Waals surface area contributed by atoms with Crippen LogP contribution in [0.15, 0.2) is 97.2 Å². The van der Waals surface area contributed by atoms with Gasteiger partial charge in [0.1, 0.15) is 19.3 Å². The van der Waals surface area contributed by atoms with E-state index in [-0.39, 0.29) is 31.3 Å². The maximum Gasteiger partial charge on any atom is 0.306 e. The second-order valence-electron chi connectivity index (χ2n) is 22.9. The van der Waals surface area contributed by atoms with Gasteiger partial charge in [-0.2, -0.15) is 0 Å². The number of unbranched alkanes of at least 4 members (excludes halogenated alkanes) is 28. The normalized spacial score (nSPS) is 14.3. The lowest BCUT2D eigenvalue weighted by Crippen LogP contribution is -2.47. The standard InChI is InChI=1S/C69H123N2O7P/c1-7-10-13-16-19-22-25-28-30-32-33-34-35-36-37-38-39-40-42-44-47-50-53-56-59-62-69(73)78-67(60-57-54-51-48-45-27-24-21-18-15-12-9-3)66(65-77-79(74,75)76-64-63-71(4,5)6)70-68(72)61-58-55-52-49-46-43-41-31-29-26-23-20-17-14-11-8-2/h11,14,19-20,22-23,28-31,43,46,52,55,57,60,66-67H,7-10,12-13,15-18,21,24-27,32-42,44-45,47-51,53-54,56,58-59,61-65H2,1-6H3,(H-,70,72,74,75)/b14-11+,22-19-,23-20+,30-28-,31-29+,46-43+,55-52+,60-57-. The lowest BCUT2D eigenvalue weighted by Gasteiger charge is -2.30. The first-order chi connectivity index (χ1) is 38.4. The Morgan fingerprint density at radius 1 is 0.456 bits per heavy atom. The van der Waals surface area contributed by atoms with Crippen molar-refractivity contribution >= 4 is 19.7 Å². The summed E-state index contributed by atoms with van der Waals surface area (Å²) in [6.45, 7) is 6.65. The highest BCUT2D eigenvalue weighted by Gasteiger charge is 2.27. The molecule has 456 valence electrons. The number of hydrogen-bond donors (Lipinski definition) is 1. The zero-order chi connectivity index (χ0) is 57.9. The van der Waals surface area contributed by atoms with Crippen molar-refractivity contribution in [3.05, 3.63) is 97.2 Å². The molecule has 0 aromatic carbocycles. The van der Waals surface area contributed by atoms with Crippen LogP contribution in [0.3, 0.4) is 0 Å². The molecule has 3 unspecified atom stereocenters. The number of nitrogens with zero attached hydrogens (tertiary/aromatic N) is 1. The maximum absolute atomic E-state index is 13.5. The van der Waals surface area contributed by atoms with E-state index in [2.05, 4.69) is 99.0 Å². The van der Waals surface area contributed by atoms with E-state index in [4.69, 9.17) is 13.8 Å². The second kappa shape index (κ2) is 58.1. The van der Waals surface area contributed by atoms with Gasteiger partial charge in [0, 0.05) is 12.8 Å². The van der Waals surface area contributed by atoms with E-state index in [0.29, 0.717) is 17.4 Å². The Morgan fingerprint density at radius 2 is 0.823 bits per heavy atom. The van der Waals surface area contributed by atoms with Crippen LogP contribution < -0.4 is 10.2 Å². The van der Waals surface area contributed by atoms with Crippen LogP contribution in [0.4, 0.5) is 0 Å². The number of esters is 1. The Hall–Kier alpha value is -3.07. The average Bonchev–Trinajstić information content (AvgIpc) is 3.41. The van der Waals surface area contributed by atoms with Crippen molar-refractivity contribution in [3.63, 3.8) is 0 Å². The second-order valence-corrected chi connectivity index (χ2v) is 24.3. The molecular weight excluding hydrogens is 1000 g/mol. The summed E-state index contributed by atoms with van der Waals surface area (Å²) in [4.78, 5) is 40.0. The molecule has 0 heterocycles. The minimum atomic E-state index is -4.72. The molecule has 0 radical (unpaired) electrons. The van der Waals surface area contributed by atoms with E-state index >= 15 is 0 Å².